The Morgan fingerprint density at radius 1 is 1.62 bits per heavy atom. The van der Waals surface area contributed by atoms with Gasteiger partial charge >= 0.3 is 0 Å². The van der Waals surface area contributed by atoms with E-state index in [4.69, 9.17) is 5.73 Å². The van der Waals surface area contributed by atoms with Gasteiger partial charge < -0.3 is 11.1 Å². The second-order valence-electron chi connectivity index (χ2n) is 2.28. The highest BCUT2D eigenvalue weighted by molar-refractivity contribution is 5.85. The van der Waals surface area contributed by atoms with Gasteiger partial charge in [-0.1, -0.05) is 0 Å². The second-order valence-corrected chi connectivity index (χ2v) is 2.28. The zero-order chi connectivity index (χ0) is 5.28. The standard InChI is InChI=1S/C5H12N2.ClH/c1-4(6)5-2-7-3-5;/h4-5,7H,2-3,6H2,1H3;1H. The van der Waals surface area contributed by atoms with Crippen molar-refractivity contribution in [1.29, 1.82) is 0 Å². The van der Waals surface area contributed by atoms with E-state index in [2.05, 4.69) is 12.2 Å². The van der Waals surface area contributed by atoms with E-state index < -0.39 is 0 Å². The van der Waals surface area contributed by atoms with Crippen molar-refractivity contribution in [3.8, 4) is 0 Å². The molecule has 1 aliphatic heterocycles. The maximum absolute atomic E-state index is 5.56. The third kappa shape index (κ3) is 1.62. The molecule has 1 aliphatic rings. The summed E-state index contributed by atoms with van der Waals surface area (Å²) in [4.78, 5) is 0. The van der Waals surface area contributed by atoms with Gasteiger partial charge in [-0.25, -0.2) is 0 Å². The van der Waals surface area contributed by atoms with Gasteiger partial charge in [0.25, 0.3) is 0 Å². The summed E-state index contributed by atoms with van der Waals surface area (Å²) in [5, 5.41) is 3.16. The van der Waals surface area contributed by atoms with Crippen molar-refractivity contribution < 1.29 is 0 Å². The number of halogens is 1. The van der Waals surface area contributed by atoms with Crippen molar-refractivity contribution in [2.45, 2.75) is 13.0 Å². The Morgan fingerprint density at radius 2 is 2.12 bits per heavy atom. The van der Waals surface area contributed by atoms with Gasteiger partial charge in [-0.2, -0.15) is 0 Å². The Bertz CT molecular complexity index is 61.4. The van der Waals surface area contributed by atoms with Crippen LogP contribution in [0.2, 0.25) is 0 Å². The molecule has 0 saturated carbocycles. The molecule has 3 heteroatoms. The van der Waals surface area contributed by atoms with Gasteiger partial charge in [0, 0.05) is 19.1 Å². The summed E-state index contributed by atoms with van der Waals surface area (Å²) < 4.78 is 0. The first-order valence-corrected chi connectivity index (χ1v) is 2.77. The zero-order valence-corrected chi connectivity index (χ0v) is 5.87. The van der Waals surface area contributed by atoms with Crippen LogP contribution >= 0.6 is 12.4 Å². The molecule has 8 heavy (non-hydrogen) atoms. The van der Waals surface area contributed by atoms with Crippen LogP contribution in [0.1, 0.15) is 6.92 Å². The summed E-state index contributed by atoms with van der Waals surface area (Å²) in [6.07, 6.45) is 0. The van der Waals surface area contributed by atoms with Gasteiger partial charge in [-0.3, -0.25) is 0 Å². The first-order chi connectivity index (χ1) is 3.30. The molecule has 50 valence electrons. The predicted octanol–water partition coefficient (Wildman–Crippen LogP) is -0.0252. The van der Waals surface area contributed by atoms with E-state index in [1.54, 1.807) is 0 Å². The summed E-state index contributed by atoms with van der Waals surface area (Å²) >= 11 is 0. The molecule has 0 radical (unpaired) electrons. The molecular weight excluding hydrogens is 124 g/mol. The summed E-state index contributed by atoms with van der Waals surface area (Å²) in [7, 11) is 0. The van der Waals surface area contributed by atoms with Gasteiger partial charge in [-0.05, 0) is 12.8 Å². The highest BCUT2D eigenvalue weighted by atomic mass is 35.5. The Balaban J connectivity index is 0.000000490. The van der Waals surface area contributed by atoms with E-state index in [0.717, 1.165) is 19.0 Å². The van der Waals surface area contributed by atoms with Gasteiger partial charge in [0.15, 0.2) is 0 Å². The third-order valence-corrected chi connectivity index (χ3v) is 1.56. The average Bonchev–Trinajstić information content (AvgIpc) is 1.23. The van der Waals surface area contributed by atoms with Gasteiger partial charge in [0.2, 0.25) is 0 Å². The summed E-state index contributed by atoms with van der Waals surface area (Å²) in [5.41, 5.74) is 5.56. The molecular formula is C5H13ClN2. The minimum absolute atomic E-state index is 0. The predicted molar refractivity (Wildman–Crippen MR) is 37.3 cm³/mol. The molecule has 3 N–H and O–H groups in total. The van der Waals surface area contributed by atoms with E-state index >= 15 is 0 Å². The van der Waals surface area contributed by atoms with Crippen LogP contribution in [0.4, 0.5) is 0 Å². The van der Waals surface area contributed by atoms with Crippen molar-refractivity contribution in [1.82, 2.24) is 5.32 Å². The monoisotopic (exact) mass is 136 g/mol. The molecule has 1 fully saturated rings. The lowest BCUT2D eigenvalue weighted by Crippen LogP contribution is -2.50. The van der Waals surface area contributed by atoms with Crippen LogP contribution in [-0.2, 0) is 0 Å². The van der Waals surface area contributed by atoms with Crippen molar-refractivity contribution in [2.24, 2.45) is 11.7 Å². The Morgan fingerprint density at radius 3 is 2.12 bits per heavy atom. The van der Waals surface area contributed by atoms with Gasteiger partial charge in [0.1, 0.15) is 0 Å². The van der Waals surface area contributed by atoms with Crippen LogP contribution in [0, 0.1) is 5.92 Å². The Hall–Kier alpha value is 0.210. The first kappa shape index (κ1) is 8.21. The SMILES string of the molecule is CC(N)C1CNC1.Cl. The summed E-state index contributed by atoms with van der Waals surface area (Å²) in [6.45, 7) is 4.31. The molecule has 0 aliphatic carbocycles. The van der Waals surface area contributed by atoms with Crippen LogP contribution in [-0.4, -0.2) is 19.1 Å². The number of nitrogens with two attached hydrogens (primary N) is 1. The molecule has 1 atom stereocenters. The van der Waals surface area contributed by atoms with Crippen molar-refractivity contribution >= 4 is 12.4 Å². The van der Waals surface area contributed by atoms with E-state index in [9.17, 15) is 0 Å². The first-order valence-electron chi connectivity index (χ1n) is 2.77. The minimum atomic E-state index is 0. The average molecular weight is 137 g/mol. The van der Waals surface area contributed by atoms with Gasteiger partial charge in [0.05, 0.1) is 0 Å². The number of hydrogen-bond donors (Lipinski definition) is 2. The minimum Gasteiger partial charge on any atom is -0.328 e. The molecule has 0 bridgehead atoms. The van der Waals surface area contributed by atoms with E-state index in [1.807, 2.05) is 0 Å². The van der Waals surface area contributed by atoms with Crippen LogP contribution in [0.5, 0.6) is 0 Å². The molecule has 2 nitrogen and oxygen atoms in total. The molecule has 0 aromatic heterocycles. The van der Waals surface area contributed by atoms with Crippen LogP contribution in [0.15, 0.2) is 0 Å². The molecule has 1 saturated heterocycles. The van der Waals surface area contributed by atoms with E-state index in [-0.39, 0.29) is 12.4 Å². The Kier molecular flexibility index (Phi) is 3.36. The largest absolute Gasteiger partial charge is 0.328 e. The lowest BCUT2D eigenvalue weighted by Gasteiger charge is -2.30. The highest BCUT2D eigenvalue weighted by Crippen LogP contribution is 2.04. The maximum Gasteiger partial charge on any atom is 0.00630 e. The molecule has 1 unspecified atom stereocenters. The number of hydrogen-bond acceptors (Lipinski definition) is 2. The normalized spacial score (nSPS) is 23.2. The molecule has 1 rings (SSSR count). The van der Waals surface area contributed by atoms with Crippen LogP contribution in [0.3, 0.4) is 0 Å². The third-order valence-electron chi connectivity index (χ3n) is 1.56. The zero-order valence-electron chi connectivity index (χ0n) is 5.05. The molecule has 1 heterocycles. The fourth-order valence-electron chi connectivity index (χ4n) is 0.683. The molecule has 0 amide bonds. The second kappa shape index (κ2) is 3.28. The maximum atomic E-state index is 5.56. The quantitative estimate of drug-likeness (QED) is 0.532. The van der Waals surface area contributed by atoms with E-state index in [0.29, 0.717) is 6.04 Å². The van der Waals surface area contributed by atoms with Gasteiger partial charge in [-0.15, -0.1) is 12.4 Å². The Labute approximate surface area is 56.2 Å². The fraction of sp³-hybridized carbons (Fsp3) is 1.00. The highest BCUT2D eigenvalue weighted by Gasteiger charge is 2.19. The number of rotatable bonds is 1. The lowest BCUT2D eigenvalue weighted by atomic mass is 9.96. The lowest BCUT2D eigenvalue weighted by molar-refractivity contribution is 0.304. The van der Waals surface area contributed by atoms with Crippen molar-refractivity contribution in [2.75, 3.05) is 13.1 Å². The summed E-state index contributed by atoms with van der Waals surface area (Å²) in [6, 6.07) is 0.390. The van der Waals surface area contributed by atoms with Crippen molar-refractivity contribution in [3.63, 3.8) is 0 Å². The van der Waals surface area contributed by atoms with Crippen LogP contribution < -0.4 is 11.1 Å². The smallest absolute Gasteiger partial charge is 0.00630 e. The topological polar surface area (TPSA) is 38.0 Å². The molecule has 0 aromatic carbocycles. The summed E-state index contributed by atoms with van der Waals surface area (Å²) in [5.74, 6) is 0.750. The number of nitrogens with one attached hydrogen (secondary N) is 1. The van der Waals surface area contributed by atoms with E-state index in [1.165, 1.54) is 0 Å². The van der Waals surface area contributed by atoms with Crippen LogP contribution in [0.25, 0.3) is 0 Å². The van der Waals surface area contributed by atoms with Crippen molar-refractivity contribution in [3.05, 3.63) is 0 Å². The molecule has 0 spiro atoms. The molecule has 0 aromatic rings. The fourth-order valence-corrected chi connectivity index (χ4v) is 0.683.